The molecule has 1 aromatic heterocycles. The highest BCUT2D eigenvalue weighted by Crippen LogP contribution is 2.46. The molecule has 0 aliphatic heterocycles. The Hall–Kier alpha value is -0.990. The Balaban J connectivity index is 1.96. The molecule has 1 heterocycles. The highest BCUT2D eigenvalue weighted by Gasteiger charge is 2.42. The molecule has 0 spiro atoms. The molecule has 2 N–H and O–H groups in total. The number of amides is 2. The van der Waals surface area contributed by atoms with Gasteiger partial charge < -0.3 is 5.32 Å². The molecule has 0 unspecified atom stereocenters. The van der Waals surface area contributed by atoms with E-state index in [0.29, 0.717) is 6.54 Å². The van der Waals surface area contributed by atoms with Gasteiger partial charge in [0.2, 0.25) is 0 Å². The number of aromatic nitrogens is 1. The van der Waals surface area contributed by atoms with Gasteiger partial charge in [0.25, 0.3) is 10.0 Å². The summed E-state index contributed by atoms with van der Waals surface area (Å²) in [4.78, 5) is 15.3. The van der Waals surface area contributed by atoms with Crippen LogP contribution in [0.1, 0.15) is 12.8 Å². The van der Waals surface area contributed by atoms with Crippen LogP contribution >= 0.6 is 23.4 Å². The van der Waals surface area contributed by atoms with E-state index >= 15 is 0 Å². The zero-order chi connectivity index (χ0) is 14.8. The second kappa shape index (κ2) is 5.79. The fourth-order valence-electron chi connectivity index (χ4n) is 1.58. The molecule has 0 atom stereocenters. The first-order valence-corrected chi connectivity index (χ1v) is 8.93. The Kier molecular flexibility index (Phi) is 4.46. The molecule has 6 nitrogen and oxygen atoms in total. The van der Waals surface area contributed by atoms with E-state index in [1.807, 2.05) is 11.0 Å². The van der Waals surface area contributed by atoms with Crippen LogP contribution in [-0.4, -0.2) is 37.0 Å². The molecule has 0 bridgehead atoms. The molecule has 2 amide bonds. The fraction of sp³-hybridized carbons (Fsp3) is 0.455. The summed E-state index contributed by atoms with van der Waals surface area (Å²) in [5.41, 5.74) is 0. The van der Waals surface area contributed by atoms with Crippen molar-refractivity contribution in [3.05, 3.63) is 23.4 Å². The average molecular weight is 336 g/mol. The number of halogens is 1. The van der Waals surface area contributed by atoms with Gasteiger partial charge in [-0.3, -0.25) is 0 Å². The van der Waals surface area contributed by atoms with Crippen molar-refractivity contribution in [2.45, 2.75) is 22.6 Å². The molecule has 0 radical (unpaired) electrons. The van der Waals surface area contributed by atoms with Crippen LogP contribution in [0.15, 0.2) is 23.4 Å². The van der Waals surface area contributed by atoms with Gasteiger partial charge in [-0.2, -0.15) is 20.2 Å². The number of hydrogen-bond donors (Lipinski definition) is 2. The molecule has 2 rings (SSSR count). The third-order valence-corrected chi connectivity index (χ3v) is 5.89. The van der Waals surface area contributed by atoms with E-state index in [4.69, 9.17) is 11.6 Å². The lowest BCUT2D eigenvalue weighted by Gasteiger charge is -2.13. The normalized spacial score (nSPS) is 16.5. The number of rotatable bonds is 5. The van der Waals surface area contributed by atoms with Crippen molar-refractivity contribution in [2.75, 3.05) is 12.8 Å². The van der Waals surface area contributed by atoms with Crippen LogP contribution in [-0.2, 0) is 10.0 Å². The Labute approximate surface area is 126 Å². The third-order valence-electron chi connectivity index (χ3n) is 3.01. The van der Waals surface area contributed by atoms with Crippen LogP contribution in [0.4, 0.5) is 4.79 Å². The molecule has 110 valence electrons. The first-order valence-electron chi connectivity index (χ1n) is 5.84. The lowest BCUT2D eigenvalue weighted by molar-refractivity contribution is 0.245. The molecule has 1 saturated carbocycles. The Bertz CT molecular complexity index is 617. The minimum Gasteiger partial charge on any atom is -0.336 e. The number of urea groups is 1. The van der Waals surface area contributed by atoms with Crippen molar-refractivity contribution < 1.29 is 13.2 Å². The maximum Gasteiger partial charge on any atom is 0.328 e. The first kappa shape index (κ1) is 15.4. The van der Waals surface area contributed by atoms with Gasteiger partial charge in [0.05, 0.1) is 0 Å². The molecule has 1 aliphatic rings. The highest BCUT2D eigenvalue weighted by atomic mass is 35.5. The van der Waals surface area contributed by atoms with Gasteiger partial charge in [-0.25, -0.2) is 14.5 Å². The van der Waals surface area contributed by atoms with E-state index in [1.165, 1.54) is 18.3 Å². The smallest absolute Gasteiger partial charge is 0.328 e. The quantitative estimate of drug-likeness (QED) is 0.853. The van der Waals surface area contributed by atoms with Gasteiger partial charge in [0.15, 0.2) is 5.03 Å². The zero-order valence-corrected chi connectivity index (χ0v) is 13.1. The van der Waals surface area contributed by atoms with Crippen LogP contribution in [0.25, 0.3) is 0 Å². The topological polar surface area (TPSA) is 88.2 Å². The van der Waals surface area contributed by atoms with Crippen molar-refractivity contribution in [1.82, 2.24) is 15.0 Å². The molecule has 9 heteroatoms. The number of pyridine rings is 1. The van der Waals surface area contributed by atoms with Crippen LogP contribution in [0.5, 0.6) is 0 Å². The Morgan fingerprint density at radius 3 is 2.80 bits per heavy atom. The summed E-state index contributed by atoms with van der Waals surface area (Å²) in [7, 11) is -4.00. The minimum absolute atomic E-state index is 0.0649. The van der Waals surface area contributed by atoms with Crippen molar-refractivity contribution in [2.24, 2.45) is 0 Å². The summed E-state index contributed by atoms with van der Waals surface area (Å²) in [6.45, 7) is 0.443. The van der Waals surface area contributed by atoms with E-state index in [0.717, 1.165) is 12.8 Å². The summed E-state index contributed by atoms with van der Waals surface area (Å²) in [6.07, 6.45) is 5.29. The second-order valence-corrected chi connectivity index (χ2v) is 7.83. The molecule has 0 aromatic carbocycles. The van der Waals surface area contributed by atoms with E-state index in [-0.39, 0.29) is 14.8 Å². The van der Waals surface area contributed by atoms with Gasteiger partial charge >= 0.3 is 6.03 Å². The largest absolute Gasteiger partial charge is 0.336 e. The standard InChI is InChI=1S/C11H14ClN3O3S2/c1-19-11(3-4-11)7-14-10(16)15-20(17,18)9-6-8(12)2-5-13-9/h2,5-6H,3-4,7H2,1H3,(H2,14,15,16). The van der Waals surface area contributed by atoms with E-state index in [2.05, 4.69) is 10.3 Å². The van der Waals surface area contributed by atoms with Gasteiger partial charge in [0, 0.05) is 22.5 Å². The SMILES string of the molecule is CSC1(CNC(=O)NS(=O)(=O)c2cc(Cl)ccn2)CC1. The second-order valence-electron chi connectivity index (χ2n) is 4.49. The predicted octanol–water partition coefficient (Wildman–Crippen LogP) is 1.62. The Morgan fingerprint density at radius 2 is 2.25 bits per heavy atom. The number of nitrogens with one attached hydrogen (secondary N) is 2. The van der Waals surface area contributed by atoms with Crippen molar-refractivity contribution >= 4 is 39.4 Å². The van der Waals surface area contributed by atoms with E-state index in [9.17, 15) is 13.2 Å². The molecule has 1 fully saturated rings. The summed E-state index contributed by atoms with van der Waals surface area (Å²) in [5, 5.41) is 2.52. The average Bonchev–Trinajstić information content (AvgIpc) is 3.17. The van der Waals surface area contributed by atoms with Crippen molar-refractivity contribution in [1.29, 1.82) is 0 Å². The molecule has 1 aliphatic carbocycles. The van der Waals surface area contributed by atoms with Crippen molar-refractivity contribution in [3.8, 4) is 0 Å². The summed E-state index contributed by atoms with van der Waals surface area (Å²) in [6, 6.07) is 1.88. The third kappa shape index (κ3) is 3.77. The molecular weight excluding hydrogens is 322 g/mol. The number of carbonyl (C=O) groups is 1. The van der Waals surface area contributed by atoms with Gasteiger partial charge in [-0.15, -0.1) is 0 Å². The molecule has 20 heavy (non-hydrogen) atoms. The maximum absolute atomic E-state index is 11.9. The monoisotopic (exact) mass is 335 g/mol. The lowest BCUT2D eigenvalue weighted by atomic mass is 10.4. The predicted molar refractivity (Wildman–Crippen MR) is 78.4 cm³/mol. The maximum atomic E-state index is 11.9. The van der Waals surface area contributed by atoms with Crippen LogP contribution < -0.4 is 10.0 Å². The van der Waals surface area contributed by atoms with Crippen molar-refractivity contribution in [3.63, 3.8) is 0 Å². The fourth-order valence-corrected chi connectivity index (χ4v) is 3.43. The van der Waals surface area contributed by atoms with Gasteiger partial charge in [0.1, 0.15) is 0 Å². The molecule has 1 aromatic rings. The van der Waals surface area contributed by atoms with Crippen LogP contribution in [0, 0.1) is 0 Å². The Morgan fingerprint density at radius 1 is 1.55 bits per heavy atom. The molecule has 0 saturated heterocycles. The van der Waals surface area contributed by atoms with Gasteiger partial charge in [-0.1, -0.05) is 11.6 Å². The first-order chi connectivity index (χ1) is 9.37. The lowest BCUT2D eigenvalue weighted by Crippen LogP contribution is -2.42. The van der Waals surface area contributed by atoms with Crippen LogP contribution in [0.2, 0.25) is 5.02 Å². The summed E-state index contributed by atoms with van der Waals surface area (Å²) >= 11 is 7.37. The molecular formula is C11H14ClN3O3S2. The van der Waals surface area contributed by atoms with E-state index in [1.54, 1.807) is 11.8 Å². The highest BCUT2D eigenvalue weighted by molar-refractivity contribution is 8.00. The number of nitrogens with zero attached hydrogens (tertiary/aromatic N) is 1. The zero-order valence-electron chi connectivity index (χ0n) is 10.7. The number of carbonyl (C=O) groups excluding carboxylic acids is 1. The number of thioether (sulfide) groups is 1. The summed E-state index contributed by atoms with van der Waals surface area (Å²) < 4.78 is 25.8. The van der Waals surface area contributed by atoms with E-state index < -0.39 is 16.1 Å². The number of sulfonamides is 1. The minimum atomic E-state index is -4.00. The van der Waals surface area contributed by atoms with Gasteiger partial charge in [-0.05, 0) is 31.2 Å². The number of hydrogen-bond acceptors (Lipinski definition) is 5. The van der Waals surface area contributed by atoms with Crippen LogP contribution in [0.3, 0.4) is 0 Å². The summed E-state index contributed by atoms with van der Waals surface area (Å²) in [5.74, 6) is 0.